The van der Waals surface area contributed by atoms with Crippen LogP contribution < -0.4 is 16.0 Å². The number of anilines is 2. The summed E-state index contributed by atoms with van der Waals surface area (Å²) < 4.78 is 0. The molecule has 104 valence electrons. The van der Waals surface area contributed by atoms with Crippen molar-refractivity contribution < 1.29 is 4.79 Å². The lowest BCUT2D eigenvalue weighted by Crippen LogP contribution is -2.38. The smallest absolute Gasteiger partial charge is 0.242 e. The number of nitrogens with zero attached hydrogens (tertiary/aromatic N) is 2. The fourth-order valence-corrected chi connectivity index (χ4v) is 1.61. The molecule has 6 nitrogen and oxygen atoms in total. The van der Waals surface area contributed by atoms with Gasteiger partial charge in [-0.3, -0.25) is 9.78 Å². The molecule has 1 aromatic heterocycles. The third kappa shape index (κ3) is 4.39. The molecule has 1 aliphatic carbocycles. The number of carbonyl (C=O) groups is 1. The van der Waals surface area contributed by atoms with E-state index in [2.05, 4.69) is 32.8 Å². The van der Waals surface area contributed by atoms with Crippen molar-refractivity contribution in [3.63, 3.8) is 0 Å². The van der Waals surface area contributed by atoms with Crippen molar-refractivity contribution in [1.82, 2.24) is 15.3 Å². The zero-order chi connectivity index (χ0) is 13.7. The minimum atomic E-state index is -0.309. The van der Waals surface area contributed by atoms with E-state index in [0.29, 0.717) is 11.9 Å². The number of hydrogen-bond donors (Lipinski definition) is 3. The van der Waals surface area contributed by atoms with Crippen LogP contribution in [0.2, 0.25) is 0 Å². The van der Waals surface area contributed by atoms with Crippen LogP contribution in [0.15, 0.2) is 12.4 Å². The minimum Gasteiger partial charge on any atom is -0.369 e. The minimum absolute atomic E-state index is 0.0104. The molecule has 6 heteroatoms. The number of nitrogens with one attached hydrogen (secondary N) is 3. The van der Waals surface area contributed by atoms with Crippen molar-refractivity contribution in [2.45, 2.75) is 45.2 Å². The molecule has 19 heavy (non-hydrogen) atoms. The van der Waals surface area contributed by atoms with Gasteiger partial charge in [-0.1, -0.05) is 6.92 Å². The molecule has 1 aliphatic rings. The topological polar surface area (TPSA) is 78.9 Å². The fraction of sp³-hybridized carbons (Fsp3) is 0.615. The van der Waals surface area contributed by atoms with Gasteiger partial charge in [0.2, 0.25) is 5.91 Å². The van der Waals surface area contributed by atoms with Crippen LogP contribution in [-0.2, 0) is 4.79 Å². The highest BCUT2D eigenvalue weighted by atomic mass is 16.2. The lowest BCUT2D eigenvalue weighted by Gasteiger charge is -2.14. The van der Waals surface area contributed by atoms with Crippen LogP contribution in [0.5, 0.6) is 0 Å². The van der Waals surface area contributed by atoms with Gasteiger partial charge in [0.05, 0.1) is 12.4 Å². The van der Waals surface area contributed by atoms with E-state index in [9.17, 15) is 4.79 Å². The lowest BCUT2D eigenvalue weighted by atomic mass is 10.3. The Morgan fingerprint density at radius 2 is 2.16 bits per heavy atom. The largest absolute Gasteiger partial charge is 0.369 e. The maximum absolute atomic E-state index is 11.8. The highest BCUT2D eigenvalue weighted by molar-refractivity contribution is 5.84. The van der Waals surface area contributed by atoms with Crippen LogP contribution in [0.25, 0.3) is 0 Å². The van der Waals surface area contributed by atoms with E-state index in [4.69, 9.17) is 0 Å². The molecule has 1 fully saturated rings. The van der Waals surface area contributed by atoms with Crippen LogP contribution in [0.4, 0.5) is 11.6 Å². The van der Waals surface area contributed by atoms with Crippen molar-refractivity contribution in [2.24, 2.45) is 0 Å². The molecule has 0 aliphatic heterocycles. The summed E-state index contributed by atoms with van der Waals surface area (Å²) in [7, 11) is 0. The molecule has 1 amide bonds. The Morgan fingerprint density at radius 1 is 1.42 bits per heavy atom. The van der Waals surface area contributed by atoms with Crippen LogP contribution in [0, 0.1) is 0 Å². The maximum atomic E-state index is 11.8. The Labute approximate surface area is 113 Å². The highest BCUT2D eigenvalue weighted by Crippen LogP contribution is 2.18. The predicted octanol–water partition coefficient (Wildman–Crippen LogP) is 1.38. The molecule has 1 atom stereocenters. The third-order valence-electron chi connectivity index (χ3n) is 2.87. The first-order chi connectivity index (χ1) is 9.19. The summed E-state index contributed by atoms with van der Waals surface area (Å²) >= 11 is 0. The molecule has 0 spiro atoms. The van der Waals surface area contributed by atoms with E-state index in [1.165, 1.54) is 0 Å². The normalized spacial score (nSPS) is 15.7. The van der Waals surface area contributed by atoms with Gasteiger partial charge in [-0.05, 0) is 26.2 Å². The van der Waals surface area contributed by atoms with Gasteiger partial charge in [-0.25, -0.2) is 4.98 Å². The van der Waals surface area contributed by atoms with Gasteiger partial charge >= 0.3 is 0 Å². The first-order valence-electron chi connectivity index (χ1n) is 6.82. The summed E-state index contributed by atoms with van der Waals surface area (Å²) in [6.07, 6.45) is 6.51. The lowest BCUT2D eigenvalue weighted by molar-refractivity contribution is -0.121. The van der Waals surface area contributed by atoms with Gasteiger partial charge in [-0.15, -0.1) is 0 Å². The molecule has 1 saturated carbocycles. The van der Waals surface area contributed by atoms with E-state index < -0.39 is 0 Å². The summed E-state index contributed by atoms with van der Waals surface area (Å²) in [4.78, 5) is 20.3. The number of carbonyl (C=O) groups excluding carboxylic acids is 1. The Kier molecular flexibility index (Phi) is 4.54. The van der Waals surface area contributed by atoms with Crippen LogP contribution in [0.1, 0.15) is 33.1 Å². The van der Waals surface area contributed by atoms with Gasteiger partial charge in [0.1, 0.15) is 17.7 Å². The zero-order valence-electron chi connectivity index (χ0n) is 11.4. The SMILES string of the molecule is CCCNc1cncc(NC(C)C(=O)NC2CC2)n1. The molecule has 0 aromatic carbocycles. The van der Waals surface area contributed by atoms with E-state index in [1.807, 2.05) is 6.92 Å². The van der Waals surface area contributed by atoms with Crippen LogP contribution in [-0.4, -0.2) is 34.5 Å². The molecule has 0 saturated heterocycles. The third-order valence-corrected chi connectivity index (χ3v) is 2.87. The highest BCUT2D eigenvalue weighted by Gasteiger charge is 2.25. The molecule has 3 N–H and O–H groups in total. The second kappa shape index (κ2) is 6.36. The quantitative estimate of drug-likeness (QED) is 0.692. The molecular weight excluding hydrogens is 242 g/mol. The van der Waals surface area contributed by atoms with E-state index in [-0.39, 0.29) is 11.9 Å². The van der Waals surface area contributed by atoms with E-state index in [1.54, 1.807) is 12.4 Å². The second-order valence-corrected chi connectivity index (χ2v) is 4.87. The predicted molar refractivity (Wildman–Crippen MR) is 75.1 cm³/mol. The van der Waals surface area contributed by atoms with Crippen LogP contribution >= 0.6 is 0 Å². The summed E-state index contributed by atoms with van der Waals surface area (Å²) in [6, 6.07) is 0.0664. The van der Waals surface area contributed by atoms with Gasteiger partial charge in [0.15, 0.2) is 0 Å². The molecule has 1 aromatic rings. The van der Waals surface area contributed by atoms with Crippen molar-refractivity contribution in [3.05, 3.63) is 12.4 Å². The summed E-state index contributed by atoms with van der Waals surface area (Å²) in [6.45, 7) is 4.77. The molecule has 0 radical (unpaired) electrons. The molecule has 1 unspecified atom stereocenters. The monoisotopic (exact) mass is 263 g/mol. The number of aromatic nitrogens is 2. The maximum Gasteiger partial charge on any atom is 0.242 e. The first kappa shape index (κ1) is 13.6. The van der Waals surface area contributed by atoms with E-state index >= 15 is 0 Å². The molecule has 2 rings (SSSR count). The van der Waals surface area contributed by atoms with Gasteiger partial charge in [0.25, 0.3) is 0 Å². The number of amides is 1. The van der Waals surface area contributed by atoms with Gasteiger partial charge < -0.3 is 16.0 Å². The summed E-state index contributed by atoms with van der Waals surface area (Å²) in [5, 5.41) is 9.19. The molecular formula is C13H21N5O. The zero-order valence-corrected chi connectivity index (χ0v) is 11.4. The Hall–Kier alpha value is -1.85. The Morgan fingerprint density at radius 3 is 2.84 bits per heavy atom. The average molecular weight is 263 g/mol. The second-order valence-electron chi connectivity index (χ2n) is 4.87. The Bertz CT molecular complexity index is 433. The van der Waals surface area contributed by atoms with Crippen molar-refractivity contribution in [2.75, 3.05) is 17.2 Å². The van der Waals surface area contributed by atoms with Gasteiger partial charge in [-0.2, -0.15) is 0 Å². The van der Waals surface area contributed by atoms with Crippen molar-refractivity contribution in [1.29, 1.82) is 0 Å². The van der Waals surface area contributed by atoms with Crippen molar-refractivity contribution >= 4 is 17.5 Å². The standard InChI is InChI=1S/C13H21N5O/c1-3-6-15-11-7-14-8-12(18-11)16-9(2)13(19)17-10-4-5-10/h7-10H,3-6H2,1-2H3,(H,17,19)(H2,15,16,18). The molecule has 0 bridgehead atoms. The Balaban J connectivity index is 1.87. The average Bonchev–Trinajstić information content (AvgIpc) is 3.20. The summed E-state index contributed by atoms with van der Waals surface area (Å²) in [5.41, 5.74) is 0. The molecule has 1 heterocycles. The fourth-order valence-electron chi connectivity index (χ4n) is 1.61. The van der Waals surface area contributed by atoms with Crippen LogP contribution in [0.3, 0.4) is 0 Å². The van der Waals surface area contributed by atoms with Crippen molar-refractivity contribution in [3.8, 4) is 0 Å². The number of rotatable bonds is 7. The number of hydrogen-bond acceptors (Lipinski definition) is 5. The van der Waals surface area contributed by atoms with E-state index in [0.717, 1.165) is 31.6 Å². The first-order valence-corrected chi connectivity index (χ1v) is 6.82. The van der Waals surface area contributed by atoms with Gasteiger partial charge in [0, 0.05) is 12.6 Å². The summed E-state index contributed by atoms with van der Waals surface area (Å²) in [5.74, 6) is 1.34.